The third-order valence-electron chi connectivity index (χ3n) is 3.08. The summed E-state index contributed by atoms with van der Waals surface area (Å²) >= 11 is 0. The molecule has 0 fully saturated rings. The van der Waals surface area contributed by atoms with Crippen molar-refractivity contribution < 1.29 is 14.3 Å². The summed E-state index contributed by atoms with van der Waals surface area (Å²) in [5, 5.41) is 0. The van der Waals surface area contributed by atoms with Gasteiger partial charge in [0.05, 0.1) is 0 Å². The van der Waals surface area contributed by atoms with Gasteiger partial charge in [-0.1, -0.05) is 55.4 Å². The first-order valence-corrected chi connectivity index (χ1v) is 7.73. The largest absolute Gasteiger partial charge is 0.508 e. The lowest BCUT2D eigenvalue weighted by atomic mass is 9.85. The van der Waals surface area contributed by atoms with Crippen LogP contribution in [0.1, 0.15) is 68.2 Å². The van der Waals surface area contributed by atoms with E-state index in [4.69, 9.17) is 9.47 Å². The number of rotatable bonds is 8. The second-order valence-electron chi connectivity index (χ2n) is 8.35. The molecule has 0 amide bonds. The molecule has 0 atom stereocenters. The van der Waals surface area contributed by atoms with Crippen LogP contribution in [0.4, 0.5) is 4.79 Å². The van der Waals surface area contributed by atoms with Gasteiger partial charge in [0.2, 0.25) is 0 Å². The molecule has 20 heavy (non-hydrogen) atoms. The Hall–Kier alpha value is -0.730. The summed E-state index contributed by atoms with van der Waals surface area (Å²) in [5.74, 6) is 1.18. The van der Waals surface area contributed by atoms with Crippen molar-refractivity contribution in [3.8, 4) is 0 Å². The van der Waals surface area contributed by atoms with E-state index in [0.717, 1.165) is 12.8 Å². The second kappa shape index (κ2) is 7.90. The maximum atomic E-state index is 11.7. The highest BCUT2D eigenvalue weighted by molar-refractivity contribution is 5.59. The maximum absolute atomic E-state index is 11.7. The molecule has 0 aliphatic carbocycles. The molecule has 0 spiro atoms. The molecule has 120 valence electrons. The summed E-state index contributed by atoms with van der Waals surface area (Å²) in [6.45, 7) is 18.0. The molecule has 0 aromatic rings. The lowest BCUT2D eigenvalue weighted by Gasteiger charge is -2.27. The van der Waals surface area contributed by atoms with Crippen LogP contribution in [-0.2, 0) is 9.47 Å². The van der Waals surface area contributed by atoms with E-state index in [9.17, 15) is 4.79 Å². The lowest BCUT2D eigenvalue weighted by Crippen LogP contribution is -2.27. The van der Waals surface area contributed by atoms with Gasteiger partial charge < -0.3 is 9.47 Å². The van der Waals surface area contributed by atoms with Gasteiger partial charge in [-0.25, -0.2) is 4.79 Å². The van der Waals surface area contributed by atoms with Crippen LogP contribution in [0.3, 0.4) is 0 Å². The minimum absolute atomic E-state index is 0.000632. The molecule has 0 heterocycles. The molecule has 0 aromatic carbocycles. The molecule has 0 unspecified atom stereocenters. The second-order valence-corrected chi connectivity index (χ2v) is 8.35. The monoisotopic (exact) mass is 286 g/mol. The van der Waals surface area contributed by atoms with Gasteiger partial charge in [0.25, 0.3) is 0 Å². The Morgan fingerprint density at radius 3 is 1.35 bits per heavy atom. The Labute approximate surface area is 125 Å². The molecule has 0 aliphatic heterocycles. The molecule has 0 rings (SSSR count). The Bertz CT molecular complexity index is 263. The highest BCUT2D eigenvalue weighted by atomic mass is 16.7. The Morgan fingerprint density at radius 1 is 0.800 bits per heavy atom. The Balaban J connectivity index is 4.06. The maximum Gasteiger partial charge on any atom is 0.508 e. The van der Waals surface area contributed by atoms with Gasteiger partial charge in [-0.05, 0) is 35.5 Å². The zero-order valence-corrected chi connectivity index (χ0v) is 14.7. The number of ether oxygens (including phenoxy) is 2. The Kier molecular flexibility index (Phi) is 7.61. The van der Waals surface area contributed by atoms with Crippen molar-refractivity contribution in [1.29, 1.82) is 0 Å². The molecule has 0 radical (unpaired) electrons. The average Bonchev–Trinajstić information content (AvgIpc) is 2.20. The summed E-state index contributed by atoms with van der Waals surface area (Å²) in [6, 6.07) is 0. The van der Waals surface area contributed by atoms with Crippen LogP contribution in [-0.4, -0.2) is 19.4 Å². The van der Waals surface area contributed by atoms with E-state index in [2.05, 4.69) is 55.4 Å². The molecule has 3 heteroatoms. The minimum Gasteiger partial charge on any atom is -0.434 e. The van der Waals surface area contributed by atoms with Gasteiger partial charge in [-0.15, -0.1) is 0 Å². The van der Waals surface area contributed by atoms with E-state index >= 15 is 0 Å². The van der Waals surface area contributed by atoms with Crippen molar-refractivity contribution in [3.05, 3.63) is 0 Å². The van der Waals surface area contributed by atoms with Gasteiger partial charge in [0.1, 0.15) is 13.2 Å². The van der Waals surface area contributed by atoms with Crippen LogP contribution in [0.5, 0.6) is 0 Å². The van der Waals surface area contributed by atoms with Crippen LogP contribution in [0, 0.1) is 22.7 Å². The summed E-state index contributed by atoms with van der Waals surface area (Å²) in [6.07, 6.45) is 1.51. The quantitative estimate of drug-likeness (QED) is 0.569. The van der Waals surface area contributed by atoms with Gasteiger partial charge >= 0.3 is 6.16 Å². The molecule has 0 saturated carbocycles. The lowest BCUT2D eigenvalue weighted by molar-refractivity contribution is 0.00374. The molecule has 0 aromatic heterocycles. The number of hydrogen-bond acceptors (Lipinski definition) is 3. The van der Waals surface area contributed by atoms with Crippen LogP contribution < -0.4 is 0 Å². The highest BCUT2D eigenvalue weighted by Crippen LogP contribution is 2.27. The van der Waals surface area contributed by atoms with Gasteiger partial charge in [0, 0.05) is 0 Å². The smallest absolute Gasteiger partial charge is 0.434 e. The van der Waals surface area contributed by atoms with Crippen molar-refractivity contribution >= 4 is 6.16 Å². The summed E-state index contributed by atoms with van der Waals surface area (Å²) in [5.41, 5.74) is 0.00126. The average molecular weight is 286 g/mol. The number of carbonyl (C=O) groups is 1. The van der Waals surface area contributed by atoms with E-state index in [-0.39, 0.29) is 10.8 Å². The van der Waals surface area contributed by atoms with Crippen LogP contribution in [0.15, 0.2) is 0 Å². The minimum atomic E-state index is -0.543. The zero-order valence-electron chi connectivity index (χ0n) is 14.7. The standard InChI is InChI=1S/C17H34O3/c1-13(2)9-16(5,6)11-19-15(18)20-12-17(7,8)10-14(3)4/h13-14H,9-12H2,1-8H3. The first-order chi connectivity index (χ1) is 8.93. The fourth-order valence-corrected chi connectivity index (χ4v) is 2.88. The van der Waals surface area contributed by atoms with E-state index in [0.29, 0.717) is 25.0 Å². The van der Waals surface area contributed by atoms with Crippen LogP contribution in [0.2, 0.25) is 0 Å². The first-order valence-electron chi connectivity index (χ1n) is 7.73. The molecule has 3 nitrogen and oxygen atoms in total. The zero-order chi connectivity index (χ0) is 16.0. The molecule has 0 saturated heterocycles. The molecule has 0 bridgehead atoms. The van der Waals surface area contributed by atoms with E-state index in [1.54, 1.807) is 0 Å². The summed E-state index contributed by atoms with van der Waals surface area (Å²) in [7, 11) is 0. The molecular weight excluding hydrogens is 252 g/mol. The summed E-state index contributed by atoms with van der Waals surface area (Å²) < 4.78 is 10.5. The van der Waals surface area contributed by atoms with Crippen molar-refractivity contribution in [3.63, 3.8) is 0 Å². The predicted molar refractivity (Wildman–Crippen MR) is 83.8 cm³/mol. The topological polar surface area (TPSA) is 35.5 Å². The van der Waals surface area contributed by atoms with Gasteiger partial charge in [0.15, 0.2) is 0 Å². The van der Waals surface area contributed by atoms with E-state index < -0.39 is 6.16 Å². The molecule has 0 N–H and O–H groups in total. The van der Waals surface area contributed by atoms with Crippen molar-refractivity contribution in [2.75, 3.05) is 13.2 Å². The van der Waals surface area contributed by atoms with Crippen molar-refractivity contribution in [2.45, 2.75) is 68.2 Å². The third-order valence-corrected chi connectivity index (χ3v) is 3.08. The SMILES string of the molecule is CC(C)CC(C)(C)COC(=O)OCC(C)(C)CC(C)C. The fraction of sp³-hybridized carbons (Fsp3) is 0.941. The Morgan fingerprint density at radius 2 is 1.10 bits per heavy atom. The molecule has 0 aliphatic rings. The van der Waals surface area contributed by atoms with E-state index in [1.165, 1.54) is 0 Å². The highest BCUT2D eigenvalue weighted by Gasteiger charge is 2.25. The van der Waals surface area contributed by atoms with Crippen LogP contribution in [0.25, 0.3) is 0 Å². The normalized spacial score (nSPS) is 12.9. The van der Waals surface area contributed by atoms with Gasteiger partial charge in [-0.2, -0.15) is 0 Å². The van der Waals surface area contributed by atoms with E-state index in [1.807, 2.05) is 0 Å². The fourth-order valence-electron chi connectivity index (χ4n) is 2.88. The first kappa shape index (κ1) is 19.3. The number of hydrogen-bond donors (Lipinski definition) is 0. The van der Waals surface area contributed by atoms with Crippen molar-refractivity contribution in [2.24, 2.45) is 22.7 Å². The predicted octanol–water partition coefficient (Wildman–Crippen LogP) is 5.28. The molecular formula is C17H34O3. The number of carbonyl (C=O) groups excluding carboxylic acids is 1. The van der Waals surface area contributed by atoms with Crippen LogP contribution >= 0.6 is 0 Å². The third kappa shape index (κ3) is 10.1. The van der Waals surface area contributed by atoms with Crippen molar-refractivity contribution in [1.82, 2.24) is 0 Å². The summed E-state index contributed by atoms with van der Waals surface area (Å²) in [4.78, 5) is 11.7. The van der Waals surface area contributed by atoms with Gasteiger partial charge in [-0.3, -0.25) is 0 Å².